The lowest BCUT2D eigenvalue weighted by Gasteiger charge is -2.01. The molecule has 0 aliphatic rings. The predicted octanol–water partition coefficient (Wildman–Crippen LogP) is 2.17. The number of nitrogens with one attached hydrogen (secondary N) is 1. The third-order valence-electron chi connectivity index (χ3n) is 2.25. The van der Waals surface area contributed by atoms with Crippen LogP contribution in [0.25, 0.3) is 5.69 Å². The Morgan fingerprint density at radius 2 is 2.29 bits per heavy atom. The van der Waals surface area contributed by atoms with E-state index < -0.39 is 5.82 Å². The van der Waals surface area contributed by atoms with Gasteiger partial charge in [-0.25, -0.2) is 9.07 Å². The van der Waals surface area contributed by atoms with Crippen LogP contribution in [0.15, 0.2) is 24.4 Å². The maximum atomic E-state index is 13.6. The van der Waals surface area contributed by atoms with Crippen LogP contribution >= 0.6 is 11.6 Å². The van der Waals surface area contributed by atoms with Gasteiger partial charge in [0.1, 0.15) is 11.5 Å². The van der Waals surface area contributed by atoms with Crippen LogP contribution in [-0.4, -0.2) is 21.5 Å². The second kappa shape index (κ2) is 5.25. The van der Waals surface area contributed by atoms with Crippen LogP contribution in [0.5, 0.6) is 0 Å². The second-order valence-corrected chi connectivity index (χ2v) is 3.97. The van der Waals surface area contributed by atoms with Crippen molar-refractivity contribution in [3.63, 3.8) is 0 Å². The zero-order chi connectivity index (χ0) is 12.3. The van der Waals surface area contributed by atoms with Crippen LogP contribution in [-0.2, 0) is 6.54 Å². The van der Waals surface area contributed by atoms with Crippen molar-refractivity contribution >= 4 is 11.6 Å². The van der Waals surface area contributed by atoms with Crippen molar-refractivity contribution in [2.75, 3.05) is 6.54 Å². The Bertz CT molecular complexity index is 512. The summed E-state index contributed by atoms with van der Waals surface area (Å²) in [7, 11) is 0. The number of halogens is 2. The number of aromatic nitrogens is 3. The van der Waals surface area contributed by atoms with Gasteiger partial charge in [0.25, 0.3) is 0 Å². The van der Waals surface area contributed by atoms with Crippen molar-refractivity contribution in [3.8, 4) is 5.69 Å². The first kappa shape index (κ1) is 12.0. The smallest absolute Gasteiger partial charge is 0.150 e. The molecule has 1 N–H and O–H groups in total. The molecule has 0 aliphatic heterocycles. The monoisotopic (exact) mass is 254 g/mol. The molecule has 6 heteroatoms. The fourth-order valence-electron chi connectivity index (χ4n) is 1.42. The molecule has 1 aromatic heterocycles. The molecule has 0 bridgehead atoms. The quantitative estimate of drug-likeness (QED) is 0.909. The molecule has 0 aliphatic carbocycles. The minimum Gasteiger partial charge on any atom is -0.311 e. The molecule has 1 aromatic carbocycles. The molecule has 4 nitrogen and oxygen atoms in total. The van der Waals surface area contributed by atoms with E-state index in [0.29, 0.717) is 17.3 Å². The molecule has 0 spiro atoms. The van der Waals surface area contributed by atoms with Crippen LogP contribution < -0.4 is 5.32 Å². The molecule has 0 atom stereocenters. The van der Waals surface area contributed by atoms with Gasteiger partial charge in [0.15, 0.2) is 0 Å². The van der Waals surface area contributed by atoms with E-state index in [4.69, 9.17) is 11.6 Å². The number of nitrogens with zero attached hydrogens (tertiary/aromatic N) is 3. The van der Waals surface area contributed by atoms with Gasteiger partial charge in [-0.15, -0.1) is 5.10 Å². The summed E-state index contributed by atoms with van der Waals surface area (Å²) in [5.41, 5.74) is 1.10. The van der Waals surface area contributed by atoms with Crippen molar-refractivity contribution in [1.29, 1.82) is 0 Å². The first-order valence-corrected chi connectivity index (χ1v) is 5.66. The predicted molar refractivity (Wildman–Crippen MR) is 63.7 cm³/mol. The van der Waals surface area contributed by atoms with Gasteiger partial charge in [0.2, 0.25) is 0 Å². The van der Waals surface area contributed by atoms with Gasteiger partial charge < -0.3 is 5.32 Å². The number of benzene rings is 1. The molecule has 0 amide bonds. The highest BCUT2D eigenvalue weighted by atomic mass is 35.5. The van der Waals surface area contributed by atoms with Gasteiger partial charge in [0.05, 0.1) is 11.9 Å². The summed E-state index contributed by atoms with van der Waals surface area (Å²) < 4.78 is 15.0. The average molecular weight is 255 g/mol. The highest BCUT2D eigenvalue weighted by Crippen LogP contribution is 2.17. The van der Waals surface area contributed by atoms with Crippen LogP contribution in [0.4, 0.5) is 4.39 Å². The molecule has 2 rings (SSSR count). The minimum absolute atomic E-state index is 0.338. The van der Waals surface area contributed by atoms with E-state index in [1.165, 1.54) is 10.7 Å². The third-order valence-corrected chi connectivity index (χ3v) is 2.49. The Balaban J connectivity index is 2.24. The Hall–Kier alpha value is -1.46. The lowest BCUT2D eigenvalue weighted by Crippen LogP contribution is -2.11. The third kappa shape index (κ3) is 2.81. The summed E-state index contributed by atoms with van der Waals surface area (Å²) in [5, 5.41) is 11.3. The molecule has 0 unspecified atom stereocenters. The van der Waals surface area contributed by atoms with Gasteiger partial charge in [0, 0.05) is 11.6 Å². The van der Waals surface area contributed by atoms with Gasteiger partial charge in [-0.1, -0.05) is 23.7 Å². The highest BCUT2D eigenvalue weighted by molar-refractivity contribution is 6.30. The lowest BCUT2D eigenvalue weighted by atomic mass is 10.3. The standard InChI is InChI=1S/C11H12ClFN4/c1-2-14-6-9-7-17(16-15-9)11-4-3-8(12)5-10(11)13/h3-5,7,14H,2,6H2,1H3. The summed E-state index contributed by atoms with van der Waals surface area (Å²) in [6.45, 7) is 3.47. The van der Waals surface area contributed by atoms with Crippen molar-refractivity contribution in [1.82, 2.24) is 20.3 Å². The molecule has 0 fully saturated rings. The molecule has 17 heavy (non-hydrogen) atoms. The average Bonchev–Trinajstić information content (AvgIpc) is 2.75. The summed E-state index contributed by atoms with van der Waals surface area (Å²) in [5.74, 6) is -0.419. The molecule has 0 saturated heterocycles. The van der Waals surface area contributed by atoms with Crippen LogP contribution in [0, 0.1) is 5.82 Å². The van der Waals surface area contributed by atoms with Crippen molar-refractivity contribution in [3.05, 3.63) is 40.9 Å². The first-order valence-electron chi connectivity index (χ1n) is 5.28. The minimum atomic E-state index is -0.419. The van der Waals surface area contributed by atoms with E-state index in [1.54, 1.807) is 18.3 Å². The molecule has 0 saturated carbocycles. The zero-order valence-electron chi connectivity index (χ0n) is 9.32. The van der Waals surface area contributed by atoms with Crippen LogP contribution in [0.3, 0.4) is 0 Å². The summed E-state index contributed by atoms with van der Waals surface area (Å²) in [6.07, 6.45) is 1.69. The molecule has 0 radical (unpaired) electrons. The van der Waals surface area contributed by atoms with Crippen LogP contribution in [0.2, 0.25) is 5.02 Å². The van der Waals surface area contributed by atoms with E-state index in [-0.39, 0.29) is 0 Å². The maximum Gasteiger partial charge on any atom is 0.150 e. The molecular weight excluding hydrogens is 243 g/mol. The number of hydrogen-bond donors (Lipinski definition) is 1. The van der Waals surface area contributed by atoms with Crippen molar-refractivity contribution in [2.45, 2.75) is 13.5 Å². The van der Waals surface area contributed by atoms with E-state index >= 15 is 0 Å². The van der Waals surface area contributed by atoms with E-state index in [2.05, 4.69) is 15.6 Å². The molecular formula is C11H12ClFN4. The summed E-state index contributed by atoms with van der Waals surface area (Å²) in [6, 6.07) is 4.44. The summed E-state index contributed by atoms with van der Waals surface area (Å²) >= 11 is 5.68. The zero-order valence-corrected chi connectivity index (χ0v) is 10.1. The van der Waals surface area contributed by atoms with Gasteiger partial charge in [-0.2, -0.15) is 0 Å². The topological polar surface area (TPSA) is 42.7 Å². The fourth-order valence-corrected chi connectivity index (χ4v) is 1.58. The van der Waals surface area contributed by atoms with E-state index in [9.17, 15) is 4.39 Å². The SMILES string of the molecule is CCNCc1cn(-c2ccc(Cl)cc2F)nn1. The van der Waals surface area contributed by atoms with E-state index in [1.807, 2.05) is 6.92 Å². The Morgan fingerprint density at radius 1 is 1.47 bits per heavy atom. The molecule has 1 heterocycles. The normalized spacial score (nSPS) is 10.8. The Kier molecular flexibility index (Phi) is 3.71. The second-order valence-electron chi connectivity index (χ2n) is 3.53. The Morgan fingerprint density at radius 3 is 3.00 bits per heavy atom. The van der Waals surface area contributed by atoms with Gasteiger partial charge in [-0.05, 0) is 24.7 Å². The van der Waals surface area contributed by atoms with Crippen LogP contribution in [0.1, 0.15) is 12.6 Å². The van der Waals surface area contributed by atoms with E-state index in [0.717, 1.165) is 12.2 Å². The number of rotatable bonds is 4. The van der Waals surface area contributed by atoms with Gasteiger partial charge in [-0.3, -0.25) is 0 Å². The van der Waals surface area contributed by atoms with Crippen molar-refractivity contribution in [2.24, 2.45) is 0 Å². The molecule has 2 aromatic rings. The largest absolute Gasteiger partial charge is 0.311 e. The fraction of sp³-hybridized carbons (Fsp3) is 0.273. The van der Waals surface area contributed by atoms with Crippen molar-refractivity contribution < 1.29 is 4.39 Å². The first-order chi connectivity index (χ1) is 8.20. The Labute approximate surface area is 103 Å². The van der Waals surface area contributed by atoms with Gasteiger partial charge >= 0.3 is 0 Å². The molecule has 90 valence electrons. The number of hydrogen-bond acceptors (Lipinski definition) is 3. The maximum absolute atomic E-state index is 13.6. The highest BCUT2D eigenvalue weighted by Gasteiger charge is 2.07. The summed E-state index contributed by atoms with van der Waals surface area (Å²) in [4.78, 5) is 0. The lowest BCUT2D eigenvalue weighted by molar-refractivity contribution is 0.607.